The molecule has 0 bridgehead atoms. The van der Waals surface area contributed by atoms with E-state index in [0.717, 1.165) is 19.3 Å². The van der Waals surface area contributed by atoms with E-state index in [9.17, 15) is 4.79 Å². The van der Waals surface area contributed by atoms with Gasteiger partial charge in [-0.2, -0.15) is 4.89 Å². The van der Waals surface area contributed by atoms with Crippen molar-refractivity contribution in [3.05, 3.63) is 12.2 Å². The van der Waals surface area contributed by atoms with Crippen LogP contribution in [-0.2, 0) is 14.6 Å². The van der Waals surface area contributed by atoms with Gasteiger partial charge in [0, 0.05) is 5.57 Å². The molecule has 0 spiro atoms. The maximum atomic E-state index is 11.0. The van der Waals surface area contributed by atoms with Crippen molar-refractivity contribution in [2.24, 2.45) is 0 Å². The predicted octanol–water partition coefficient (Wildman–Crippen LogP) is 2.62. The number of hydrogen-bond acceptors (Lipinski definition) is 3. The summed E-state index contributed by atoms with van der Waals surface area (Å²) in [6.45, 7) is 7.95. The van der Waals surface area contributed by atoms with Gasteiger partial charge in [0.1, 0.15) is 0 Å². The van der Waals surface area contributed by atoms with Gasteiger partial charge in [0.2, 0.25) is 0 Å². The van der Waals surface area contributed by atoms with Crippen LogP contribution in [0.5, 0.6) is 0 Å². The van der Waals surface area contributed by atoms with Crippen LogP contribution in [0.4, 0.5) is 0 Å². The minimum Gasteiger partial charge on any atom is -0.293 e. The smallest absolute Gasteiger partial charge is 0.293 e. The van der Waals surface area contributed by atoms with Gasteiger partial charge >= 0.3 is 5.97 Å². The Morgan fingerprint density at radius 2 is 2.00 bits per heavy atom. The summed E-state index contributed by atoms with van der Waals surface area (Å²) in [5, 5.41) is 0. The van der Waals surface area contributed by atoms with Gasteiger partial charge in [-0.05, 0) is 12.8 Å². The molecule has 0 fully saturated rings. The van der Waals surface area contributed by atoms with E-state index >= 15 is 0 Å². The second kappa shape index (κ2) is 7.80. The molecule has 0 N–H and O–H groups in total. The lowest BCUT2D eigenvalue weighted by atomic mass is 10.2. The summed E-state index contributed by atoms with van der Waals surface area (Å²) in [5.41, 5.74) is 0.440. The first kappa shape index (κ1) is 12.2. The molecule has 0 aromatic rings. The fraction of sp³-hybridized carbons (Fsp3) is 0.700. The maximum absolute atomic E-state index is 11.0. The minimum absolute atomic E-state index is 0.440. The van der Waals surface area contributed by atoms with Crippen LogP contribution in [0.3, 0.4) is 0 Å². The van der Waals surface area contributed by atoms with Crippen LogP contribution in [0.25, 0.3) is 0 Å². The van der Waals surface area contributed by atoms with Crippen LogP contribution in [0.15, 0.2) is 12.2 Å². The Kier molecular flexibility index (Phi) is 7.30. The van der Waals surface area contributed by atoms with E-state index in [1.165, 1.54) is 0 Å². The molecule has 76 valence electrons. The summed E-state index contributed by atoms with van der Waals surface area (Å²) in [6.07, 6.45) is 3.73. The third kappa shape index (κ3) is 6.34. The monoisotopic (exact) mass is 186 g/mol. The van der Waals surface area contributed by atoms with E-state index in [1.54, 1.807) is 0 Å². The highest BCUT2D eigenvalue weighted by molar-refractivity contribution is 5.87. The zero-order valence-corrected chi connectivity index (χ0v) is 8.47. The Balaban J connectivity index is 3.32. The SMILES string of the molecule is C=C(CC)C(=O)OOCCCCC. The van der Waals surface area contributed by atoms with Crippen LogP contribution >= 0.6 is 0 Å². The molecule has 3 nitrogen and oxygen atoms in total. The Labute approximate surface area is 79.7 Å². The van der Waals surface area contributed by atoms with Gasteiger partial charge in [0.15, 0.2) is 0 Å². The molecule has 0 saturated heterocycles. The average Bonchev–Trinajstić information content (AvgIpc) is 2.16. The maximum Gasteiger partial charge on any atom is 0.368 e. The van der Waals surface area contributed by atoms with Crippen LogP contribution in [0.2, 0.25) is 0 Å². The summed E-state index contributed by atoms with van der Waals surface area (Å²) in [5.74, 6) is -0.459. The quantitative estimate of drug-likeness (QED) is 0.265. The number of rotatable bonds is 7. The normalized spacial score (nSPS) is 9.69. The molecule has 13 heavy (non-hydrogen) atoms. The summed E-state index contributed by atoms with van der Waals surface area (Å²) in [7, 11) is 0. The topological polar surface area (TPSA) is 35.5 Å². The molecule has 0 rings (SSSR count). The van der Waals surface area contributed by atoms with Crippen molar-refractivity contribution in [2.45, 2.75) is 39.5 Å². The van der Waals surface area contributed by atoms with Crippen LogP contribution < -0.4 is 0 Å². The molecule has 0 aliphatic heterocycles. The molecular formula is C10H18O3. The zero-order valence-electron chi connectivity index (χ0n) is 8.47. The molecule has 0 aromatic heterocycles. The van der Waals surface area contributed by atoms with Crippen molar-refractivity contribution in [3.63, 3.8) is 0 Å². The fourth-order valence-electron chi connectivity index (χ4n) is 0.709. The van der Waals surface area contributed by atoms with Gasteiger partial charge in [0.25, 0.3) is 0 Å². The zero-order chi connectivity index (χ0) is 10.1. The van der Waals surface area contributed by atoms with Crippen molar-refractivity contribution in [1.82, 2.24) is 0 Å². The fourth-order valence-corrected chi connectivity index (χ4v) is 0.709. The molecular weight excluding hydrogens is 168 g/mol. The van der Waals surface area contributed by atoms with Crippen molar-refractivity contribution < 1.29 is 14.6 Å². The molecule has 0 saturated carbocycles. The lowest BCUT2D eigenvalue weighted by Crippen LogP contribution is -2.08. The van der Waals surface area contributed by atoms with Gasteiger partial charge in [-0.25, -0.2) is 4.79 Å². The molecule has 0 aliphatic rings. The van der Waals surface area contributed by atoms with Gasteiger partial charge < -0.3 is 0 Å². The van der Waals surface area contributed by atoms with Crippen molar-refractivity contribution in [1.29, 1.82) is 0 Å². The second-order valence-electron chi connectivity index (χ2n) is 2.86. The molecule has 0 amide bonds. The van der Waals surface area contributed by atoms with Gasteiger partial charge in [0.05, 0.1) is 6.61 Å². The third-order valence-corrected chi connectivity index (χ3v) is 1.68. The highest BCUT2D eigenvalue weighted by Crippen LogP contribution is 2.01. The Morgan fingerprint density at radius 1 is 1.31 bits per heavy atom. The highest BCUT2D eigenvalue weighted by atomic mass is 17.2. The second-order valence-corrected chi connectivity index (χ2v) is 2.86. The molecule has 0 aromatic carbocycles. The van der Waals surface area contributed by atoms with E-state index in [4.69, 9.17) is 4.89 Å². The largest absolute Gasteiger partial charge is 0.368 e. The first-order chi connectivity index (χ1) is 6.22. The molecule has 0 heterocycles. The van der Waals surface area contributed by atoms with Crippen molar-refractivity contribution >= 4 is 5.97 Å². The van der Waals surface area contributed by atoms with Crippen LogP contribution in [0, 0.1) is 0 Å². The van der Waals surface area contributed by atoms with E-state index < -0.39 is 5.97 Å². The predicted molar refractivity (Wildman–Crippen MR) is 51.0 cm³/mol. The number of carbonyl (C=O) groups excluding carboxylic acids is 1. The molecule has 0 unspecified atom stereocenters. The van der Waals surface area contributed by atoms with Crippen molar-refractivity contribution in [2.75, 3.05) is 6.61 Å². The van der Waals surface area contributed by atoms with Crippen molar-refractivity contribution in [3.8, 4) is 0 Å². The number of unbranched alkanes of at least 4 members (excludes halogenated alkanes) is 2. The van der Waals surface area contributed by atoms with E-state index in [2.05, 4.69) is 18.4 Å². The molecule has 0 aliphatic carbocycles. The summed E-state index contributed by atoms with van der Waals surface area (Å²) >= 11 is 0. The Bertz CT molecular complexity index is 164. The van der Waals surface area contributed by atoms with E-state index in [0.29, 0.717) is 18.6 Å². The van der Waals surface area contributed by atoms with Gasteiger partial charge in [-0.1, -0.05) is 33.3 Å². The van der Waals surface area contributed by atoms with Gasteiger partial charge in [-0.3, -0.25) is 4.89 Å². The lowest BCUT2D eigenvalue weighted by Gasteiger charge is -2.03. The Hall–Kier alpha value is -0.830. The first-order valence-corrected chi connectivity index (χ1v) is 4.73. The van der Waals surface area contributed by atoms with E-state index in [-0.39, 0.29) is 0 Å². The highest BCUT2D eigenvalue weighted by Gasteiger charge is 2.06. The Morgan fingerprint density at radius 3 is 2.54 bits per heavy atom. The first-order valence-electron chi connectivity index (χ1n) is 4.73. The molecule has 0 radical (unpaired) electrons. The number of hydrogen-bond donors (Lipinski definition) is 0. The third-order valence-electron chi connectivity index (χ3n) is 1.68. The molecule has 3 heteroatoms. The summed E-state index contributed by atoms with van der Waals surface area (Å²) in [4.78, 5) is 20.2. The molecule has 0 atom stereocenters. The minimum atomic E-state index is -0.459. The number of carbonyl (C=O) groups is 1. The van der Waals surface area contributed by atoms with Crippen LogP contribution in [0.1, 0.15) is 39.5 Å². The lowest BCUT2D eigenvalue weighted by molar-refractivity contribution is -0.268. The van der Waals surface area contributed by atoms with Gasteiger partial charge in [-0.15, -0.1) is 0 Å². The standard InChI is InChI=1S/C10H18O3/c1-4-6-7-8-12-13-10(11)9(3)5-2/h3-8H2,1-2H3. The van der Waals surface area contributed by atoms with E-state index in [1.807, 2.05) is 6.92 Å². The summed E-state index contributed by atoms with van der Waals surface area (Å²) in [6, 6.07) is 0. The average molecular weight is 186 g/mol. The van der Waals surface area contributed by atoms with Crippen LogP contribution in [-0.4, -0.2) is 12.6 Å². The summed E-state index contributed by atoms with van der Waals surface area (Å²) < 4.78 is 0.